The van der Waals surface area contributed by atoms with Crippen LogP contribution in [0.1, 0.15) is 18.4 Å². The van der Waals surface area contributed by atoms with Crippen LogP contribution < -0.4 is 0 Å². The van der Waals surface area contributed by atoms with Crippen LogP contribution in [0.25, 0.3) is 6.08 Å². The average molecular weight is 409 g/mol. The molecule has 0 aromatic heterocycles. The molecule has 0 bridgehead atoms. The lowest BCUT2D eigenvalue weighted by molar-refractivity contribution is -0.132. The van der Waals surface area contributed by atoms with Crippen LogP contribution in [0.2, 0.25) is 0 Å². The Hall–Kier alpha value is -2.13. The summed E-state index contributed by atoms with van der Waals surface area (Å²) in [6.07, 6.45) is 2.05. The highest BCUT2D eigenvalue weighted by Crippen LogP contribution is 2.32. The number of carbonyl (C=O) groups excluding carboxylic acids is 3. The summed E-state index contributed by atoms with van der Waals surface area (Å²) in [5.74, 6) is -0.629. The third kappa shape index (κ3) is 4.59. The van der Waals surface area contributed by atoms with Crippen molar-refractivity contribution in [2.75, 3.05) is 25.1 Å². The molecule has 144 valence electrons. The largest absolute Gasteiger partial charge is 0.342 e. The highest BCUT2D eigenvalue weighted by Gasteiger charge is 2.36. The Morgan fingerprint density at radius 3 is 2.63 bits per heavy atom. The Morgan fingerprint density at radius 1 is 1.30 bits per heavy atom. The SMILES string of the molecule is CN(C(=O)CCN1C(=O)S/C(=C/c2ccccc2)C1=O)[C@H]1CCS(=O)(=O)C1. The highest BCUT2D eigenvalue weighted by atomic mass is 32.2. The number of hydrogen-bond donors (Lipinski definition) is 0. The molecule has 3 rings (SSSR count). The molecule has 2 fully saturated rings. The molecule has 2 saturated heterocycles. The molecule has 1 aromatic rings. The molecule has 0 saturated carbocycles. The molecule has 0 N–H and O–H groups in total. The fourth-order valence-electron chi connectivity index (χ4n) is 3.06. The summed E-state index contributed by atoms with van der Waals surface area (Å²) >= 11 is 0.856. The molecule has 2 heterocycles. The van der Waals surface area contributed by atoms with E-state index in [-0.39, 0.29) is 36.4 Å². The maximum absolute atomic E-state index is 12.5. The zero-order chi connectivity index (χ0) is 19.6. The van der Waals surface area contributed by atoms with E-state index in [4.69, 9.17) is 0 Å². The van der Waals surface area contributed by atoms with E-state index in [2.05, 4.69) is 0 Å². The van der Waals surface area contributed by atoms with Crippen LogP contribution in [0.5, 0.6) is 0 Å². The van der Waals surface area contributed by atoms with Gasteiger partial charge in [-0.2, -0.15) is 0 Å². The van der Waals surface area contributed by atoms with Gasteiger partial charge in [-0.05, 0) is 29.8 Å². The number of sulfone groups is 1. The van der Waals surface area contributed by atoms with E-state index in [0.717, 1.165) is 22.2 Å². The van der Waals surface area contributed by atoms with E-state index in [0.29, 0.717) is 11.3 Å². The Labute approximate surface area is 162 Å². The molecule has 0 spiro atoms. The van der Waals surface area contributed by atoms with Crippen LogP contribution in [0.4, 0.5) is 4.79 Å². The lowest BCUT2D eigenvalue weighted by atomic mass is 10.2. The lowest BCUT2D eigenvalue weighted by Crippen LogP contribution is -2.40. The summed E-state index contributed by atoms with van der Waals surface area (Å²) in [5.41, 5.74) is 0.821. The zero-order valence-electron chi connectivity index (χ0n) is 14.8. The van der Waals surface area contributed by atoms with E-state index in [1.165, 1.54) is 4.90 Å². The molecular weight excluding hydrogens is 388 g/mol. The lowest BCUT2D eigenvalue weighted by Gasteiger charge is -2.24. The summed E-state index contributed by atoms with van der Waals surface area (Å²) in [6, 6.07) is 8.88. The Morgan fingerprint density at radius 2 is 2.00 bits per heavy atom. The van der Waals surface area contributed by atoms with Crippen molar-refractivity contribution in [2.45, 2.75) is 18.9 Å². The van der Waals surface area contributed by atoms with Gasteiger partial charge in [-0.1, -0.05) is 30.3 Å². The quantitative estimate of drug-likeness (QED) is 0.690. The van der Waals surface area contributed by atoms with Crippen LogP contribution in [-0.2, 0) is 19.4 Å². The van der Waals surface area contributed by atoms with E-state index in [9.17, 15) is 22.8 Å². The van der Waals surface area contributed by atoms with Gasteiger partial charge in [0.15, 0.2) is 9.84 Å². The molecule has 1 aromatic carbocycles. The smallest absolute Gasteiger partial charge is 0.293 e. The monoisotopic (exact) mass is 408 g/mol. The van der Waals surface area contributed by atoms with Gasteiger partial charge in [0.05, 0.1) is 16.4 Å². The predicted molar refractivity (Wildman–Crippen MR) is 104 cm³/mol. The molecular formula is C18H20N2O5S2. The second-order valence-corrected chi connectivity index (χ2v) is 9.78. The molecule has 9 heteroatoms. The van der Waals surface area contributed by atoms with Crippen molar-refractivity contribution in [3.63, 3.8) is 0 Å². The van der Waals surface area contributed by atoms with Crippen molar-refractivity contribution >= 4 is 44.7 Å². The number of rotatable bonds is 5. The van der Waals surface area contributed by atoms with E-state index in [1.807, 2.05) is 30.3 Å². The van der Waals surface area contributed by atoms with Crippen molar-refractivity contribution in [3.05, 3.63) is 40.8 Å². The topological polar surface area (TPSA) is 91.8 Å². The Kier molecular flexibility index (Phi) is 5.71. The second-order valence-electron chi connectivity index (χ2n) is 6.56. The van der Waals surface area contributed by atoms with Gasteiger partial charge < -0.3 is 4.90 Å². The Bertz CT molecular complexity index is 896. The molecule has 0 radical (unpaired) electrons. The zero-order valence-corrected chi connectivity index (χ0v) is 16.5. The van der Waals surface area contributed by atoms with Gasteiger partial charge in [-0.15, -0.1) is 0 Å². The van der Waals surface area contributed by atoms with Crippen molar-refractivity contribution in [1.29, 1.82) is 0 Å². The van der Waals surface area contributed by atoms with Gasteiger partial charge in [0, 0.05) is 26.1 Å². The number of amides is 3. The van der Waals surface area contributed by atoms with Crippen LogP contribution in [-0.4, -0.2) is 66.4 Å². The average Bonchev–Trinajstić information content (AvgIpc) is 3.12. The van der Waals surface area contributed by atoms with Gasteiger partial charge in [-0.3, -0.25) is 19.3 Å². The van der Waals surface area contributed by atoms with Crippen molar-refractivity contribution in [2.24, 2.45) is 0 Å². The number of hydrogen-bond acceptors (Lipinski definition) is 6. The van der Waals surface area contributed by atoms with E-state index >= 15 is 0 Å². The molecule has 1 atom stereocenters. The first kappa shape index (κ1) is 19.6. The predicted octanol–water partition coefficient (Wildman–Crippen LogP) is 1.76. The number of nitrogens with zero attached hydrogens (tertiary/aromatic N) is 2. The summed E-state index contributed by atoms with van der Waals surface area (Å²) in [4.78, 5) is 39.7. The summed E-state index contributed by atoms with van der Waals surface area (Å²) < 4.78 is 23.1. The molecule has 7 nitrogen and oxygen atoms in total. The minimum atomic E-state index is -3.08. The Balaban J connectivity index is 1.59. The summed E-state index contributed by atoms with van der Waals surface area (Å²) in [7, 11) is -1.52. The fourth-order valence-corrected chi connectivity index (χ4v) is 5.70. The van der Waals surface area contributed by atoms with Crippen LogP contribution in [0, 0.1) is 0 Å². The highest BCUT2D eigenvalue weighted by molar-refractivity contribution is 8.18. The molecule has 27 heavy (non-hydrogen) atoms. The van der Waals surface area contributed by atoms with Crippen molar-refractivity contribution < 1.29 is 22.8 Å². The van der Waals surface area contributed by atoms with Gasteiger partial charge in [0.2, 0.25) is 5.91 Å². The minimum absolute atomic E-state index is 0.0144. The molecule has 2 aliphatic heterocycles. The van der Waals surface area contributed by atoms with E-state index < -0.39 is 21.0 Å². The molecule has 2 aliphatic rings. The summed E-state index contributed by atoms with van der Waals surface area (Å²) in [5, 5.41) is -0.402. The number of imide groups is 1. The second kappa shape index (κ2) is 7.85. The summed E-state index contributed by atoms with van der Waals surface area (Å²) in [6.45, 7) is -0.0144. The van der Waals surface area contributed by atoms with Gasteiger partial charge >= 0.3 is 0 Å². The molecule has 0 unspecified atom stereocenters. The first-order valence-corrected chi connectivity index (χ1v) is 11.2. The van der Waals surface area contributed by atoms with E-state index in [1.54, 1.807) is 13.1 Å². The standard InChI is InChI=1S/C18H20N2O5S2/c1-19(14-8-10-27(24,25)12-14)16(21)7-9-20-17(22)15(26-18(20)23)11-13-5-3-2-4-6-13/h2-6,11,14H,7-10,12H2,1H3/b15-11+/t14-/m0/s1. The minimum Gasteiger partial charge on any atom is -0.342 e. The third-order valence-corrected chi connectivity index (χ3v) is 7.33. The number of carbonyl (C=O) groups is 3. The first-order chi connectivity index (χ1) is 12.8. The van der Waals surface area contributed by atoms with Crippen molar-refractivity contribution in [3.8, 4) is 0 Å². The number of thioether (sulfide) groups is 1. The van der Waals surface area contributed by atoms with Gasteiger partial charge in [0.1, 0.15) is 0 Å². The van der Waals surface area contributed by atoms with Crippen LogP contribution in [0.15, 0.2) is 35.2 Å². The van der Waals surface area contributed by atoms with Gasteiger partial charge in [0.25, 0.3) is 11.1 Å². The van der Waals surface area contributed by atoms with Crippen LogP contribution in [0.3, 0.4) is 0 Å². The molecule has 0 aliphatic carbocycles. The first-order valence-electron chi connectivity index (χ1n) is 8.53. The normalized spacial score (nSPS) is 23.2. The molecule has 3 amide bonds. The van der Waals surface area contributed by atoms with Crippen LogP contribution >= 0.6 is 11.8 Å². The maximum atomic E-state index is 12.5. The van der Waals surface area contributed by atoms with Gasteiger partial charge in [-0.25, -0.2) is 8.42 Å². The van der Waals surface area contributed by atoms with Crippen molar-refractivity contribution in [1.82, 2.24) is 9.80 Å². The third-order valence-electron chi connectivity index (χ3n) is 4.67. The number of benzene rings is 1. The maximum Gasteiger partial charge on any atom is 0.293 e. The fraction of sp³-hybridized carbons (Fsp3) is 0.389.